The zero-order chi connectivity index (χ0) is 21.5. The van der Waals surface area contributed by atoms with Crippen LogP contribution in [-0.4, -0.2) is 66.6 Å². The number of likely N-dealkylation sites (tertiary alicyclic amines) is 2. The molecule has 1 spiro atoms. The van der Waals surface area contributed by atoms with Gasteiger partial charge in [-0.15, -0.1) is 0 Å². The molecule has 3 aliphatic heterocycles. The largest absolute Gasteiger partial charge is 0.496 e. The van der Waals surface area contributed by atoms with Gasteiger partial charge in [-0.1, -0.05) is 11.6 Å². The van der Waals surface area contributed by atoms with Crippen molar-refractivity contribution in [3.8, 4) is 5.75 Å². The minimum atomic E-state index is -0.358. The van der Waals surface area contributed by atoms with Crippen LogP contribution in [-0.2, 0) is 9.53 Å². The van der Waals surface area contributed by atoms with Crippen molar-refractivity contribution in [2.75, 3.05) is 33.3 Å². The summed E-state index contributed by atoms with van der Waals surface area (Å²) in [6, 6.07) is 6.16. The fourth-order valence-corrected chi connectivity index (χ4v) is 5.67. The first-order valence-electron chi connectivity index (χ1n) is 11.1. The first-order chi connectivity index (χ1) is 14.2. The highest BCUT2D eigenvalue weighted by Crippen LogP contribution is 2.46. The Morgan fingerprint density at radius 3 is 2.57 bits per heavy atom. The smallest absolute Gasteiger partial charge is 0.314 e. The van der Waals surface area contributed by atoms with Gasteiger partial charge in [-0.25, -0.2) is 0 Å². The molecule has 0 aromatic heterocycles. The molecule has 3 heterocycles. The van der Waals surface area contributed by atoms with Crippen LogP contribution in [0.25, 0.3) is 0 Å². The van der Waals surface area contributed by atoms with Crippen molar-refractivity contribution in [1.82, 2.24) is 9.80 Å². The van der Waals surface area contributed by atoms with Crippen LogP contribution in [0.2, 0.25) is 0 Å². The van der Waals surface area contributed by atoms with E-state index in [9.17, 15) is 9.59 Å². The van der Waals surface area contributed by atoms with Crippen molar-refractivity contribution < 1.29 is 19.1 Å². The van der Waals surface area contributed by atoms with Crippen molar-refractivity contribution in [1.29, 1.82) is 0 Å². The van der Waals surface area contributed by atoms with Gasteiger partial charge < -0.3 is 14.4 Å². The van der Waals surface area contributed by atoms with Gasteiger partial charge >= 0.3 is 5.97 Å². The molecule has 0 radical (unpaired) electrons. The summed E-state index contributed by atoms with van der Waals surface area (Å²) in [4.78, 5) is 30.2. The second-order valence-electron chi connectivity index (χ2n) is 9.91. The van der Waals surface area contributed by atoms with Crippen molar-refractivity contribution in [2.45, 2.75) is 64.5 Å². The van der Waals surface area contributed by atoms with Gasteiger partial charge in [0.15, 0.2) is 0 Å². The van der Waals surface area contributed by atoms with E-state index in [0.717, 1.165) is 63.8 Å². The molecule has 1 atom stereocenters. The van der Waals surface area contributed by atoms with Gasteiger partial charge in [-0.2, -0.15) is 0 Å². The molecule has 4 rings (SSSR count). The van der Waals surface area contributed by atoms with E-state index in [1.807, 2.05) is 43.9 Å². The number of benzene rings is 1. The molecular weight excluding hydrogens is 380 g/mol. The number of amides is 1. The number of rotatable bonds is 3. The second-order valence-corrected chi connectivity index (χ2v) is 9.91. The predicted octanol–water partition coefficient (Wildman–Crippen LogP) is 3.42. The van der Waals surface area contributed by atoms with E-state index in [1.165, 1.54) is 0 Å². The summed E-state index contributed by atoms with van der Waals surface area (Å²) in [7, 11) is 1.61. The van der Waals surface area contributed by atoms with E-state index < -0.39 is 0 Å². The molecule has 1 aromatic rings. The zero-order valence-corrected chi connectivity index (χ0v) is 18.7. The SMILES string of the molecule is COc1ccc(C)cc1C(=O)N1CCC(N2CCCC3(C2)CC(C)(C)OC3=O)CC1. The van der Waals surface area contributed by atoms with Crippen molar-refractivity contribution in [3.05, 3.63) is 29.3 Å². The monoisotopic (exact) mass is 414 g/mol. The lowest BCUT2D eigenvalue weighted by Crippen LogP contribution is -2.53. The molecule has 3 aliphatic rings. The summed E-state index contributed by atoms with van der Waals surface area (Å²) in [6.45, 7) is 9.31. The Bertz CT molecular complexity index is 828. The molecule has 0 bridgehead atoms. The fraction of sp³-hybridized carbons (Fsp3) is 0.667. The quantitative estimate of drug-likeness (QED) is 0.710. The van der Waals surface area contributed by atoms with Gasteiger partial charge in [0.05, 0.1) is 18.1 Å². The van der Waals surface area contributed by atoms with Gasteiger partial charge in [0, 0.05) is 32.1 Å². The van der Waals surface area contributed by atoms with E-state index in [0.29, 0.717) is 17.4 Å². The number of carbonyl (C=O) groups excluding carboxylic acids is 2. The van der Waals surface area contributed by atoms with Crippen molar-refractivity contribution in [3.63, 3.8) is 0 Å². The molecular formula is C24H34N2O4. The zero-order valence-electron chi connectivity index (χ0n) is 18.7. The topological polar surface area (TPSA) is 59.1 Å². The summed E-state index contributed by atoms with van der Waals surface area (Å²) in [5.74, 6) is 0.662. The molecule has 0 saturated carbocycles. The molecule has 30 heavy (non-hydrogen) atoms. The van der Waals surface area contributed by atoms with Gasteiger partial charge in [0.1, 0.15) is 11.4 Å². The minimum Gasteiger partial charge on any atom is -0.496 e. The second kappa shape index (κ2) is 7.88. The van der Waals surface area contributed by atoms with Crippen LogP contribution in [0.15, 0.2) is 18.2 Å². The van der Waals surface area contributed by atoms with E-state index in [2.05, 4.69) is 4.90 Å². The van der Waals surface area contributed by atoms with Crippen LogP contribution < -0.4 is 4.74 Å². The lowest BCUT2D eigenvalue weighted by atomic mass is 9.74. The molecule has 164 valence electrons. The molecule has 3 fully saturated rings. The van der Waals surface area contributed by atoms with Gasteiger partial charge in [0.2, 0.25) is 0 Å². The van der Waals surface area contributed by atoms with Gasteiger partial charge in [-0.05, 0) is 65.1 Å². The summed E-state index contributed by atoms with van der Waals surface area (Å²) in [5.41, 5.74) is 0.995. The summed E-state index contributed by atoms with van der Waals surface area (Å²) < 4.78 is 11.1. The molecule has 1 unspecified atom stereocenters. The number of cyclic esters (lactones) is 1. The van der Waals surface area contributed by atoms with Crippen LogP contribution in [0.3, 0.4) is 0 Å². The normalized spacial score (nSPS) is 27.3. The third-order valence-corrected chi connectivity index (χ3v) is 7.03. The first kappa shape index (κ1) is 21.2. The highest BCUT2D eigenvalue weighted by molar-refractivity contribution is 5.97. The predicted molar refractivity (Wildman–Crippen MR) is 115 cm³/mol. The molecule has 1 aromatic carbocycles. The van der Waals surface area contributed by atoms with Crippen LogP contribution in [0.5, 0.6) is 5.75 Å². The Labute approximate surface area is 179 Å². The van der Waals surface area contributed by atoms with E-state index in [4.69, 9.17) is 9.47 Å². The molecule has 1 amide bonds. The number of esters is 1. The minimum absolute atomic E-state index is 0.0173. The third kappa shape index (κ3) is 3.94. The Hall–Kier alpha value is -2.08. The number of hydrogen-bond acceptors (Lipinski definition) is 5. The van der Waals surface area contributed by atoms with E-state index in [1.54, 1.807) is 7.11 Å². The summed E-state index contributed by atoms with van der Waals surface area (Å²) in [6.07, 6.45) is 4.64. The van der Waals surface area contributed by atoms with Crippen LogP contribution in [0.4, 0.5) is 0 Å². The number of hydrogen-bond donors (Lipinski definition) is 0. The van der Waals surface area contributed by atoms with Crippen molar-refractivity contribution in [2.24, 2.45) is 5.41 Å². The Kier molecular flexibility index (Phi) is 5.56. The molecule has 3 saturated heterocycles. The maximum atomic E-state index is 13.1. The van der Waals surface area contributed by atoms with E-state index in [-0.39, 0.29) is 22.9 Å². The molecule has 0 aliphatic carbocycles. The first-order valence-corrected chi connectivity index (χ1v) is 11.1. The molecule has 6 heteroatoms. The highest BCUT2D eigenvalue weighted by atomic mass is 16.6. The molecule has 0 N–H and O–H groups in total. The number of aryl methyl sites for hydroxylation is 1. The van der Waals surface area contributed by atoms with Crippen LogP contribution >= 0.6 is 0 Å². The Morgan fingerprint density at radius 1 is 1.20 bits per heavy atom. The number of methoxy groups -OCH3 is 1. The van der Waals surface area contributed by atoms with Gasteiger partial charge in [0.25, 0.3) is 5.91 Å². The Balaban J connectivity index is 1.40. The third-order valence-electron chi connectivity index (χ3n) is 7.03. The maximum absolute atomic E-state index is 13.1. The average Bonchev–Trinajstić information content (AvgIpc) is 2.94. The lowest BCUT2D eigenvalue weighted by Gasteiger charge is -2.44. The number of ether oxygens (including phenoxy) is 2. The van der Waals surface area contributed by atoms with Gasteiger partial charge in [-0.3, -0.25) is 14.5 Å². The highest BCUT2D eigenvalue weighted by Gasteiger charge is 2.54. The van der Waals surface area contributed by atoms with Crippen molar-refractivity contribution >= 4 is 11.9 Å². The van der Waals surface area contributed by atoms with Crippen LogP contribution in [0.1, 0.15) is 61.9 Å². The summed E-state index contributed by atoms with van der Waals surface area (Å²) >= 11 is 0. The fourth-order valence-electron chi connectivity index (χ4n) is 5.67. The maximum Gasteiger partial charge on any atom is 0.314 e. The molecule has 6 nitrogen and oxygen atoms in total. The lowest BCUT2D eigenvalue weighted by molar-refractivity contribution is -0.154. The van der Waals surface area contributed by atoms with Crippen LogP contribution in [0, 0.1) is 12.3 Å². The standard InChI is InChI=1S/C24H34N2O4/c1-17-6-7-20(29-4)19(14-17)21(27)25-12-8-18(9-13-25)26-11-5-10-24(16-26)15-23(2,3)30-22(24)28/h6-7,14,18H,5,8-13,15-16H2,1-4H3. The number of carbonyl (C=O) groups is 2. The van der Waals surface area contributed by atoms with E-state index >= 15 is 0 Å². The average molecular weight is 415 g/mol. The Morgan fingerprint density at radius 2 is 1.93 bits per heavy atom. The number of piperidine rings is 2. The number of nitrogens with zero attached hydrogens (tertiary/aromatic N) is 2. The summed E-state index contributed by atoms with van der Waals surface area (Å²) in [5, 5.41) is 0.